The predicted molar refractivity (Wildman–Crippen MR) is 102 cm³/mol. The van der Waals surface area contributed by atoms with Crippen LogP contribution in [-0.2, 0) is 4.74 Å². The SMILES string of the molecule is Cc1cc(N2CC[C@H](N3CCOCC3)[C@@H](O)C2)c2cc3c(cc2n1)OCO3. The molecule has 1 aromatic carbocycles. The third kappa shape index (κ3) is 3.09. The summed E-state index contributed by atoms with van der Waals surface area (Å²) >= 11 is 0. The molecule has 2 aromatic rings. The topological polar surface area (TPSA) is 67.3 Å². The Morgan fingerprint density at radius 2 is 1.85 bits per heavy atom. The Hall–Kier alpha value is -2.09. The molecule has 27 heavy (non-hydrogen) atoms. The average molecular weight is 371 g/mol. The van der Waals surface area contributed by atoms with Crippen molar-refractivity contribution in [1.29, 1.82) is 0 Å². The van der Waals surface area contributed by atoms with Crippen molar-refractivity contribution in [2.75, 3.05) is 51.1 Å². The van der Waals surface area contributed by atoms with Gasteiger partial charge in [-0.3, -0.25) is 9.88 Å². The lowest BCUT2D eigenvalue weighted by Crippen LogP contribution is -2.56. The lowest BCUT2D eigenvalue weighted by molar-refractivity contribution is -0.0273. The summed E-state index contributed by atoms with van der Waals surface area (Å²) in [6.07, 6.45) is 0.559. The van der Waals surface area contributed by atoms with Crippen molar-refractivity contribution in [3.05, 3.63) is 23.9 Å². The van der Waals surface area contributed by atoms with Crippen LogP contribution in [0.15, 0.2) is 18.2 Å². The second-order valence-corrected chi connectivity index (χ2v) is 7.52. The zero-order chi connectivity index (χ0) is 18.4. The molecule has 3 aliphatic heterocycles. The number of aliphatic hydroxyl groups is 1. The maximum absolute atomic E-state index is 10.9. The van der Waals surface area contributed by atoms with Crippen LogP contribution in [0.3, 0.4) is 0 Å². The number of ether oxygens (including phenoxy) is 3. The molecule has 0 saturated carbocycles. The van der Waals surface area contributed by atoms with E-state index in [0.29, 0.717) is 6.54 Å². The van der Waals surface area contributed by atoms with E-state index in [1.165, 1.54) is 0 Å². The standard InChI is InChI=1S/C20H25N3O4/c1-13-8-17(14-9-19-20(27-12-26-19)10-15(14)21-13)23-3-2-16(18(24)11-23)22-4-6-25-7-5-22/h8-10,16,18,24H,2-7,11-12H2,1H3/t16-,18-/m0/s1. The molecule has 0 bridgehead atoms. The summed E-state index contributed by atoms with van der Waals surface area (Å²) in [7, 11) is 0. The molecular formula is C20H25N3O4. The van der Waals surface area contributed by atoms with Crippen LogP contribution in [0.1, 0.15) is 12.1 Å². The van der Waals surface area contributed by atoms with Crippen LogP contribution in [0.5, 0.6) is 11.5 Å². The first-order valence-electron chi connectivity index (χ1n) is 9.65. The first-order valence-corrected chi connectivity index (χ1v) is 9.65. The normalized spacial score (nSPS) is 25.9. The molecule has 1 aromatic heterocycles. The number of nitrogens with zero attached hydrogens (tertiary/aromatic N) is 3. The van der Waals surface area contributed by atoms with E-state index >= 15 is 0 Å². The predicted octanol–water partition coefficient (Wildman–Crippen LogP) is 1.54. The van der Waals surface area contributed by atoms with Crippen LogP contribution < -0.4 is 14.4 Å². The fraction of sp³-hybridized carbons (Fsp3) is 0.550. The van der Waals surface area contributed by atoms with Crippen molar-refractivity contribution >= 4 is 16.6 Å². The number of piperidine rings is 1. The number of rotatable bonds is 2. The molecule has 0 amide bonds. The summed E-state index contributed by atoms with van der Waals surface area (Å²) in [5.41, 5.74) is 2.97. The van der Waals surface area contributed by atoms with E-state index in [9.17, 15) is 5.11 Å². The van der Waals surface area contributed by atoms with Gasteiger partial charge in [0.2, 0.25) is 6.79 Å². The number of aromatic nitrogens is 1. The highest BCUT2D eigenvalue weighted by molar-refractivity contribution is 5.94. The van der Waals surface area contributed by atoms with Crippen molar-refractivity contribution in [1.82, 2.24) is 9.88 Å². The van der Waals surface area contributed by atoms with E-state index in [2.05, 4.69) is 20.9 Å². The zero-order valence-corrected chi connectivity index (χ0v) is 15.6. The van der Waals surface area contributed by atoms with E-state index in [1.54, 1.807) is 0 Å². The Labute approximate surface area is 158 Å². The molecule has 0 unspecified atom stereocenters. The van der Waals surface area contributed by atoms with E-state index in [-0.39, 0.29) is 18.9 Å². The van der Waals surface area contributed by atoms with Crippen LogP contribution in [0.25, 0.3) is 10.9 Å². The average Bonchev–Trinajstić information content (AvgIpc) is 3.13. The number of fused-ring (bicyclic) bond motifs is 2. The van der Waals surface area contributed by atoms with Gasteiger partial charge in [0.15, 0.2) is 11.5 Å². The molecule has 4 heterocycles. The number of aliphatic hydroxyl groups excluding tert-OH is 1. The second-order valence-electron chi connectivity index (χ2n) is 7.52. The fourth-order valence-corrected chi connectivity index (χ4v) is 4.46. The summed E-state index contributed by atoms with van der Waals surface area (Å²) in [5, 5.41) is 11.9. The molecule has 0 radical (unpaired) electrons. The van der Waals surface area contributed by atoms with Gasteiger partial charge in [0, 0.05) is 55.1 Å². The van der Waals surface area contributed by atoms with Gasteiger partial charge in [-0.2, -0.15) is 0 Å². The molecule has 2 saturated heterocycles. The van der Waals surface area contributed by atoms with Crippen LogP contribution >= 0.6 is 0 Å². The number of morpholine rings is 1. The lowest BCUT2D eigenvalue weighted by Gasteiger charge is -2.44. The summed E-state index contributed by atoms with van der Waals surface area (Å²) in [6, 6.07) is 6.28. The maximum Gasteiger partial charge on any atom is 0.231 e. The van der Waals surface area contributed by atoms with Gasteiger partial charge in [-0.25, -0.2) is 0 Å². The number of benzene rings is 1. The largest absolute Gasteiger partial charge is 0.454 e. The molecule has 7 heteroatoms. The quantitative estimate of drug-likeness (QED) is 0.859. The molecule has 0 spiro atoms. The smallest absolute Gasteiger partial charge is 0.231 e. The minimum atomic E-state index is -0.380. The molecule has 5 rings (SSSR count). The Bertz CT molecular complexity index is 853. The van der Waals surface area contributed by atoms with Gasteiger partial charge < -0.3 is 24.2 Å². The van der Waals surface area contributed by atoms with E-state index in [4.69, 9.17) is 14.2 Å². The van der Waals surface area contributed by atoms with Gasteiger partial charge >= 0.3 is 0 Å². The van der Waals surface area contributed by atoms with Crippen molar-refractivity contribution in [3.63, 3.8) is 0 Å². The van der Waals surface area contributed by atoms with Crippen LogP contribution in [0.4, 0.5) is 5.69 Å². The Kier molecular flexibility index (Phi) is 4.30. The van der Waals surface area contributed by atoms with Gasteiger partial charge in [0.1, 0.15) is 0 Å². The van der Waals surface area contributed by atoms with Gasteiger partial charge in [0.05, 0.1) is 24.8 Å². The Morgan fingerprint density at radius 1 is 1.07 bits per heavy atom. The molecular weight excluding hydrogens is 346 g/mol. The number of pyridine rings is 1. The van der Waals surface area contributed by atoms with Gasteiger partial charge in [-0.05, 0) is 25.5 Å². The highest BCUT2D eigenvalue weighted by atomic mass is 16.7. The van der Waals surface area contributed by atoms with Crippen LogP contribution in [0, 0.1) is 6.92 Å². The number of β-amino-alcohol motifs (C(OH)–C–C–N with tert-alkyl or cyclic N) is 1. The molecule has 1 N–H and O–H groups in total. The van der Waals surface area contributed by atoms with Crippen molar-refractivity contribution in [2.24, 2.45) is 0 Å². The van der Waals surface area contributed by atoms with E-state index < -0.39 is 0 Å². The third-order valence-electron chi connectivity index (χ3n) is 5.81. The fourth-order valence-electron chi connectivity index (χ4n) is 4.46. The molecule has 7 nitrogen and oxygen atoms in total. The summed E-state index contributed by atoms with van der Waals surface area (Å²) in [5.74, 6) is 1.51. The van der Waals surface area contributed by atoms with Crippen molar-refractivity contribution in [2.45, 2.75) is 25.5 Å². The highest BCUT2D eigenvalue weighted by Gasteiger charge is 2.33. The zero-order valence-electron chi connectivity index (χ0n) is 15.6. The minimum Gasteiger partial charge on any atom is -0.454 e. The minimum absolute atomic E-state index is 0.209. The molecule has 2 fully saturated rings. The first kappa shape index (κ1) is 17.0. The molecule has 2 atom stereocenters. The van der Waals surface area contributed by atoms with Crippen LogP contribution in [-0.4, -0.2) is 73.3 Å². The monoisotopic (exact) mass is 371 g/mol. The lowest BCUT2D eigenvalue weighted by atomic mass is 9.98. The van der Waals surface area contributed by atoms with Crippen LogP contribution in [0.2, 0.25) is 0 Å². The van der Waals surface area contributed by atoms with Crippen molar-refractivity contribution in [3.8, 4) is 11.5 Å². The van der Waals surface area contributed by atoms with Gasteiger partial charge in [-0.1, -0.05) is 0 Å². The highest BCUT2D eigenvalue weighted by Crippen LogP contribution is 2.39. The van der Waals surface area contributed by atoms with E-state index in [1.807, 2.05) is 19.1 Å². The Morgan fingerprint density at radius 3 is 2.63 bits per heavy atom. The number of anilines is 1. The number of hydrogen-bond acceptors (Lipinski definition) is 7. The van der Waals surface area contributed by atoms with E-state index in [0.717, 1.165) is 73.1 Å². The summed E-state index contributed by atoms with van der Waals surface area (Å²) in [6.45, 7) is 7.11. The molecule has 144 valence electrons. The van der Waals surface area contributed by atoms with Gasteiger partial charge in [0.25, 0.3) is 0 Å². The summed E-state index contributed by atoms with van der Waals surface area (Å²) in [4.78, 5) is 9.32. The number of aryl methyl sites for hydroxylation is 1. The van der Waals surface area contributed by atoms with Crippen molar-refractivity contribution < 1.29 is 19.3 Å². The molecule has 3 aliphatic rings. The maximum atomic E-state index is 10.9. The second kappa shape index (κ2) is 6.82. The van der Waals surface area contributed by atoms with Gasteiger partial charge in [-0.15, -0.1) is 0 Å². The number of hydrogen-bond donors (Lipinski definition) is 1. The molecule has 0 aliphatic carbocycles. The summed E-state index contributed by atoms with van der Waals surface area (Å²) < 4.78 is 16.5. The third-order valence-corrected chi connectivity index (χ3v) is 5.81. The Balaban J connectivity index is 1.44. The first-order chi connectivity index (χ1) is 13.2.